The van der Waals surface area contributed by atoms with Gasteiger partial charge in [-0.25, -0.2) is 0 Å². The van der Waals surface area contributed by atoms with Crippen LogP contribution in [-0.4, -0.2) is 47.6 Å². The molecule has 1 fully saturated rings. The molecule has 1 saturated heterocycles. The van der Waals surface area contributed by atoms with Crippen molar-refractivity contribution in [2.24, 2.45) is 5.92 Å². The standard InChI is InChI=1S/C12H22N2O3/c1-9(2)11(16)10(13-8-15)12(17)14-6-4-3-5-7-14/h8-11,16H,3-7H2,1-2H3,(H,13,15). The molecule has 1 rings (SSSR count). The Morgan fingerprint density at radius 1 is 1.29 bits per heavy atom. The highest BCUT2D eigenvalue weighted by Crippen LogP contribution is 2.14. The van der Waals surface area contributed by atoms with E-state index in [1.54, 1.807) is 4.90 Å². The monoisotopic (exact) mass is 242 g/mol. The van der Waals surface area contributed by atoms with Crippen LogP contribution in [0.25, 0.3) is 0 Å². The van der Waals surface area contributed by atoms with Crippen LogP contribution >= 0.6 is 0 Å². The van der Waals surface area contributed by atoms with Crippen molar-refractivity contribution in [1.29, 1.82) is 0 Å². The average molecular weight is 242 g/mol. The molecule has 2 atom stereocenters. The Kier molecular flexibility index (Phi) is 5.41. The van der Waals surface area contributed by atoms with E-state index >= 15 is 0 Å². The molecule has 17 heavy (non-hydrogen) atoms. The minimum atomic E-state index is -0.838. The fourth-order valence-electron chi connectivity index (χ4n) is 2.09. The molecule has 2 N–H and O–H groups in total. The average Bonchev–Trinajstić information content (AvgIpc) is 2.35. The van der Waals surface area contributed by atoms with Gasteiger partial charge in [0.25, 0.3) is 0 Å². The first-order valence-electron chi connectivity index (χ1n) is 6.24. The van der Waals surface area contributed by atoms with Gasteiger partial charge < -0.3 is 15.3 Å². The van der Waals surface area contributed by atoms with Gasteiger partial charge in [0.1, 0.15) is 6.04 Å². The number of piperidine rings is 1. The number of carbonyl (C=O) groups excluding carboxylic acids is 2. The molecule has 0 aromatic heterocycles. The smallest absolute Gasteiger partial charge is 0.247 e. The summed E-state index contributed by atoms with van der Waals surface area (Å²) in [6.07, 6.45) is 2.78. The summed E-state index contributed by atoms with van der Waals surface area (Å²) in [5.74, 6) is -0.237. The molecule has 2 unspecified atom stereocenters. The van der Waals surface area contributed by atoms with Crippen molar-refractivity contribution >= 4 is 12.3 Å². The van der Waals surface area contributed by atoms with Crippen LogP contribution in [0.3, 0.4) is 0 Å². The highest BCUT2D eigenvalue weighted by Gasteiger charge is 2.32. The summed E-state index contributed by atoms with van der Waals surface area (Å²) < 4.78 is 0. The number of aliphatic hydroxyl groups is 1. The zero-order chi connectivity index (χ0) is 12.8. The van der Waals surface area contributed by atoms with Crippen molar-refractivity contribution in [2.45, 2.75) is 45.3 Å². The zero-order valence-corrected chi connectivity index (χ0v) is 10.6. The quantitative estimate of drug-likeness (QED) is 0.673. The van der Waals surface area contributed by atoms with E-state index in [2.05, 4.69) is 5.32 Å². The first-order valence-corrected chi connectivity index (χ1v) is 6.24. The SMILES string of the molecule is CC(C)C(O)C(NC=O)C(=O)N1CCCCC1. The molecular weight excluding hydrogens is 220 g/mol. The van der Waals surface area contributed by atoms with Gasteiger partial charge in [-0.05, 0) is 25.2 Å². The van der Waals surface area contributed by atoms with E-state index in [4.69, 9.17) is 0 Å². The van der Waals surface area contributed by atoms with Gasteiger partial charge in [0, 0.05) is 13.1 Å². The number of aliphatic hydroxyl groups excluding tert-OH is 1. The highest BCUT2D eigenvalue weighted by molar-refractivity contribution is 5.84. The lowest BCUT2D eigenvalue weighted by Crippen LogP contribution is -2.54. The molecule has 0 saturated carbocycles. The van der Waals surface area contributed by atoms with Crippen LogP contribution in [0.4, 0.5) is 0 Å². The van der Waals surface area contributed by atoms with Crippen molar-refractivity contribution < 1.29 is 14.7 Å². The first kappa shape index (κ1) is 14.0. The number of likely N-dealkylation sites (tertiary alicyclic amines) is 1. The van der Waals surface area contributed by atoms with Gasteiger partial charge in [-0.1, -0.05) is 13.8 Å². The number of nitrogens with one attached hydrogen (secondary N) is 1. The Labute approximate surface area is 102 Å². The lowest BCUT2D eigenvalue weighted by molar-refractivity contribution is -0.139. The van der Waals surface area contributed by atoms with Crippen molar-refractivity contribution in [1.82, 2.24) is 10.2 Å². The third-order valence-corrected chi connectivity index (χ3v) is 3.21. The van der Waals surface area contributed by atoms with Gasteiger partial charge in [0.05, 0.1) is 6.10 Å². The largest absolute Gasteiger partial charge is 0.390 e. The maximum Gasteiger partial charge on any atom is 0.247 e. The maximum absolute atomic E-state index is 12.2. The zero-order valence-electron chi connectivity index (χ0n) is 10.6. The Hall–Kier alpha value is -1.10. The highest BCUT2D eigenvalue weighted by atomic mass is 16.3. The molecule has 98 valence electrons. The number of carbonyl (C=O) groups is 2. The minimum absolute atomic E-state index is 0.0683. The van der Waals surface area contributed by atoms with Gasteiger partial charge >= 0.3 is 0 Å². The fraction of sp³-hybridized carbons (Fsp3) is 0.833. The molecule has 1 aliphatic heterocycles. The van der Waals surface area contributed by atoms with Crippen molar-refractivity contribution in [3.8, 4) is 0 Å². The molecule has 0 aromatic carbocycles. The third kappa shape index (κ3) is 3.70. The first-order chi connectivity index (χ1) is 8.07. The summed E-state index contributed by atoms with van der Waals surface area (Å²) in [7, 11) is 0. The lowest BCUT2D eigenvalue weighted by atomic mass is 9.98. The molecule has 0 aromatic rings. The second kappa shape index (κ2) is 6.59. The molecule has 0 aliphatic carbocycles. The summed E-state index contributed by atoms with van der Waals surface area (Å²) in [6, 6.07) is -0.814. The van der Waals surface area contributed by atoms with E-state index in [0.29, 0.717) is 6.41 Å². The number of rotatable bonds is 5. The molecule has 0 bridgehead atoms. The van der Waals surface area contributed by atoms with E-state index in [1.165, 1.54) is 0 Å². The summed E-state index contributed by atoms with van der Waals surface area (Å²) in [5.41, 5.74) is 0. The molecule has 1 heterocycles. The second-order valence-corrected chi connectivity index (χ2v) is 4.88. The Bertz CT molecular complexity index is 262. The van der Waals surface area contributed by atoms with Crippen LogP contribution in [0, 0.1) is 5.92 Å². The van der Waals surface area contributed by atoms with E-state index in [1.807, 2.05) is 13.8 Å². The van der Waals surface area contributed by atoms with Gasteiger partial charge in [-0.3, -0.25) is 9.59 Å². The molecule has 5 nitrogen and oxygen atoms in total. The van der Waals surface area contributed by atoms with E-state index in [0.717, 1.165) is 32.4 Å². The van der Waals surface area contributed by atoms with Crippen LogP contribution in [0.5, 0.6) is 0 Å². The van der Waals surface area contributed by atoms with Crippen molar-refractivity contribution in [3.05, 3.63) is 0 Å². The number of amides is 2. The summed E-state index contributed by atoms with van der Waals surface area (Å²) >= 11 is 0. The van der Waals surface area contributed by atoms with E-state index in [9.17, 15) is 14.7 Å². The van der Waals surface area contributed by atoms with Crippen molar-refractivity contribution in [3.63, 3.8) is 0 Å². The van der Waals surface area contributed by atoms with Crippen LogP contribution in [-0.2, 0) is 9.59 Å². The van der Waals surface area contributed by atoms with Crippen LogP contribution in [0.1, 0.15) is 33.1 Å². The molecule has 0 radical (unpaired) electrons. The Balaban J connectivity index is 2.67. The predicted octanol–water partition coefficient (Wildman–Crippen LogP) is 0.130. The lowest BCUT2D eigenvalue weighted by Gasteiger charge is -2.33. The van der Waals surface area contributed by atoms with Crippen molar-refractivity contribution in [2.75, 3.05) is 13.1 Å². The van der Waals surface area contributed by atoms with Gasteiger partial charge in [-0.2, -0.15) is 0 Å². The number of nitrogens with zero attached hydrogens (tertiary/aromatic N) is 1. The Morgan fingerprint density at radius 2 is 1.88 bits per heavy atom. The van der Waals surface area contributed by atoms with E-state index in [-0.39, 0.29) is 11.8 Å². The summed E-state index contributed by atoms with van der Waals surface area (Å²) in [4.78, 5) is 24.4. The maximum atomic E-state index is 12.2. The predicted molar refractivity (Wildman–Crippen MR) is 64.3 cm³/mol. The normalized spacial score (nSPS) is 19.9. The van der Waals surface area contributed by atoms with Crippen LogP contribution < -0.4 is 5.32 Å². The molecular formula is C12H22N2O3. The number of hydrogen-bond acceptors (Lipinski definition) is 3. The number of hydrogen-bond donors (Lipinski definition) is 2. The minimum Gasteiger partial charge on any atom is -0.390 e. The van der Waals surface area contributed by atoms with Gasteiger partial charge in [0.2, 0.25) is 12.3 Å². The molecule has 2 amide bonds. The summed E-state index contributed by atoms with van der Waals surface area (Å²) in [5, 5.41) is 12.4. The van der Waals surface area contributed by atoms with Crippen LogP contribution in [0.15, 0.2) is 0 Å². The molecule has 5 heteroatoms. The third-order valence-electron chi connectivity index (χ3n) is 3.21. The van der Waals surface area contributed by atoms with E-state index < -0.39 is 12.1 Å². The van der Waals surface area contributed by atoms with Gasteiger partial charge in [0.15, 0.2) is 0 Å². The van der Waals surface area contributed by atoms with Gasteiger partial charge in [-0.15, -0.1) is 0 Å². The fourth-order valence-corrected chi connectivity index (χ4v) is 2.09. The van der Waals surface area contributed by atoms with Crippen LogP contribution in [0.2, 0.25) is 0 Å². The Morgan fingerprint density at radius 3 is 2.35 bits per heavy atom. The molecule has 1 aliphatic rings. The molecule has 0 spiro atoms. The topological polar surface area (TPSA) is 69.6 Å². The summed E-state index contributed by atoms with van der Waals surface area (Å²) in [6.45, 7) is 5.10. The second-order valence-electron chi connectivity index (χ2n) is 4.88.